The molecule has 5 N–H and O–H groups in total. The van der Waals surface area contributed by atoms with E-state index in [1.807, 2.05) is 26.0 Å². The van der Waals surface area contributed by atoms with Gasteiger partial charge >= 0.3 is 6.18 Å². The molecule has 0 saturated carbocycles. The Morgan fingerprint density at radius 1 is 1.02 bits per heavy atom. The van der Waals surface area contributed by atoms with E-state index < -0.39 is 18.0 Å². The topological polar surface area (TPSA) is 112 Å². The number of hydrogen-bond donors (Lipinski definition) is 5. The normalized spacial score (nSPS) is 13.9. The predicted octanol–water partition coefficient (Wildman–Crippen LogP) is 6.23. The molecule has 43 heavy (non-hydrogen) atoms. The molecule has 2 aromatic heterocycles. The number of nitrogens with one attached hydrogen (secondary N) is 4. The number of aliphatic hydroxyl groups excluding tert-OH is 1. The molecule has 0 spiro atoms. The monoisotopic (exact) mass is 588 g/mol. The van der Waals surface area contributed by atoms with Gasteiger partial charge < -0.3 is 26.4 Å². The molecule has 12 heteroatoms. The fraction of sp³-hybridized carbons (Fsp3) is 0.258. The lowest BCUT2D eigenvalue weighted by Crippen LogP contribution is -2.23. The first-order chi connectivity index (χ1) is 20.6. The number of aliphatic hydroxyl groups is 1. The Morgan fingerprint density at radius 3 is 2.67 bits per heavy atom. The second kappa shape index (κ2) is 11.2. The van der Waals surface area contributed by atoms with Gasteiger partial charge in [-0.05, 0) is 79.4 Å². The molecule has 0 fully saturated rings. The highest BCUT2D eigenvalue weighted by atomic mass is 19.4. The van der Waals surface area contributed by atoms with Crippen LogP contribution >= 0.6 is 0 Å². The van der Waals surface area contributed by atoms with Crippen LogP contribution in [0.1, 0.15) is 39.6 Å². The van der Waals surface area contributed by atoms with Crippen LogP contribution in [-0.2, 0) is 26.2 Å². The van der Waals surface area contributed by atoms with Gasteiger partial charge in [0.05, 0.1) is 10.9 Å². The average Bonchev–Trinajstić information content (AvgIpc) is 3.30. The van der Waals surface area contributed by atoms with Gasteiger partial charge in [0.15, 0.2) is 17.7 Å². The van der Waals surface area contributed by atoms with E-state index >= 15 is 0 Å². The lowest BCUT2D eigenvalue weighted by atomic mass is 10.0. The predicted molar refractivity (Wildman–Crippen MR) is 161 cm³/mol. The van der Waals surface area contributed by atoms with E-state index in [-0.39, 0.29) is 5.56 Å². The molecule has 3 heterocycles. The van der Waals surface area contributed by atoms with Gasteiger partial charge in [0.25, 0.3) is 0 Å². The SMILES string of the molecule is Cc1ccc(NC(O)c2cccc(C(F)(F)F)c2)c(C)c1Nc1nn(C)c2nc(Nc3ccc4c(c3)CNCC4)ncc12. The Hall–Kier alpha value is -4.68. The van der Waals surface area contributed by atoms with Crippen molar-refractivity contribution < 1.29 is 18.3 Å². The number of fused-ring (bicyclic) bond motifs is 2. The Balaban J connectivity index is 1.23. The average molecular weight is 589 g/mol. The van der Waals surface area contributed by atoms with Gasteiger partial charge in [-0.1, -0.05) is 24.3 Å². The first-order valence-corrected chi connectivity index (χ1v) is 13.8. The second-order valence-corrected chi connectivity index (χ2v) is 10.7. The first-order valence-electron chi connectivity index (χ1n) is 13.8. The highest BCUT2D eigenvalue weighted by molar-refractivity contribution is 5.91. The molecule has 222 valence electrons. The Kier molecular flexibility index (Phi) is 7.40. The summed E-state index contributed by atoms with van der Waals surface area (Å²) in [4.78, 5) is 9.23. The largest absolute Gasteiger partial charge is 0.416 e. The van der Waals surface area contributed by atoms with Crippen LogP contribution in [0.3, 0.4) is 0 Å². The molecule has 6 rings (SSSR count). The smallest absolute Gasteiger partial charge is 0.369 e. The summed E-state index contributed by atoms with van der Waals surface area (Å²) >= 11 is 0. The lowest BCUT2D eigenvalue weighted by molar-refractivity contribution is -0.137. The standard InChI is InChI=1S/C31H31F3N8O/c1-17-7-10-25(38-29(43)20-5-4-6-22(13-20)31(32,33)34)18(2)26(17)39-27-24-16-36-30(40-28(24)42(3)41-27)37-23-9-8-19-11-12-35-15-21(19)14-23/h4-10,13-14,16,29,35,38,43H,11-12,15H2,1-3H3,(H,39,41)(H,36,37,40). The molecule has 0 bridgehead atoms. The number of hydrogen-bond acceptors (Lipinski definition) is 8. The van der Waals surface area contributed by atoms with Crippen molar-refractivity contribution in [3.8, 4) is 0 Å². The summed E-state index contributed by atoms with van der Waals surface area (Å²) in [7, 11) is 1.80. The van der Waals surface area contributed by atoms with Gasteiger partial charge in [-0.25, -0.2) is 9.67 Å². The van der Waals surface area contributed by atoms with E-state index in [1.165, 1.54) is 23.3 Å². The van der Waals surface area contributed by atoms with Crippen molar-refractivity contribution in [1.29, 1.82) is 0 Å². The zero-order chi connectivity index (χ0) is 30.3. The van der Waals surface area contributed by atoms with Crippen LogP contribution in [0.4, 0.5) is 42.0 Å². The van der Waals surface area contributed by atoms with E-state index in [0.717, 1.165) is 54.1 Å². The van der Waals surface area contributed by atoms with Crippen LogP contribution in [0.2, 0.25) is 0 Å². The van der Waals surface area contributed by atoms with E-state index in [1.54, 1.807) is 24.0 Å². The minimum absolute atomic E-state index is 0.105. The molecule has 3 aromatic carbocycles. The summed E-state index contributed by atoms with van der Waals surface area (Å²) in [6.07, 6.45) is -3.13. The van der Waals surface area contributed by atoms with E-state index in [2.05, 4.69) is 43.5 Å². The van der Waals surface area contributed by atoms with E-state index in [0.29, 0.717) is 28.5 Å². The maximum absolute atomic E-state index is 13.2. The Morgan fingerprint density at radius 2 is 1.86 bits per heavy atom. The second-order valence-electron chi connectivity index (χ2n) is 10.7. The third-order valence-corrected chi connectivity index (χ3v) is 7.67. The highest BCUT2D eigenvalue weighted by Crippen LogP contribution is 2.35. The quantitative estimate of drug-likeness (QED) is 0.142. The van der Waals surface area contributed by atoms with Gasteiger partial charge in [-0.2, -0.15) is 23.3 Å². The van der Waals surface area contributed by atoms with Crippen molar-refractivity contribution in [2.75, 3.05) is 22.5 Å². The molecule has 1 atom stereocenters. The van der Waals surface area contributed by atoms with Gasteiger partial charge in [0.2, 0.25) is 5.95 Å². The number of aryl methyl sites for hydroxylation is 2. The van der Waals surface area contributed by atoms with Gasteiger partial charge in [0.1, 0.15) is 0 Å². The zero-order valence-corrected chi connectivity index (χ0v) is 23.8. The minimum atomic E-state index is -4.50. The van der Waals surface area contributed by atoms with Crippen LogP contribution in [0, 0.1) is 13.8 Å². The maximum atomic E-state index is 13.2. The third kappa shape index (κ3) is 5.84. The van der Waals surface area contributed by atoms with Crippen molar-refractivity contribution in [1.82, 2.24) is 25.1 Å². The Bertz CT molecular complexity index is 1820. The fourth-order valence-electron chi connectivity index (χ4n) is 5.31. The van der Waals surface area contributed by atoms with Crippen LogP contribution in [0.25, 0.3) is 11.0 Å². The molecular formula is C31H31F3N8O. The summed E-state index contributed by atoms with van der Waals surface area (Å²) in [6.45, 7) is 5.60. The number of halogens is 3. The van der Waals surface area contributed by atoms with Crippen LogP contribution in [0.15, 0.2) is 60.8 Å². The van der Waals surface area contributed by atoms with Crippen molar-refractivity contribution in [2.45, 2.75) is 39.2 Å². The molecule has 1 aliphatic heterocycles. The van der Waals surface area contributed by atoms with Crippen molar-refractivity contribution in [3.63, 3.8) is 0 Å². The minimum Gasteiger partial charge on any atom is -0.369 e. The number of benzene rings is 3. The van der Waals surface area contributed by atoms with Gasteiger partial charge in [0, 0.05) is 42.4 Å². The van der Waals surface area contributed by atoms with Crippen LogP contribution in [0.5, 0.6) is 0 Å². The van der Waals surface area contributed by atoms with Crippen molar-refractivity contribution >= 4 is 39.9 Å². The van der Waals surface area contributed by atoms with Crippen molar-refractivity contribution in [2.24, 2.45) is 7.05 Å². The molecule has 9 nitrogen and oxygen atoms in total. The molecule has 5 aromatic rings. The molecule has 1 aliphatic rings. The molecule has 0 radical (unpaired) electrons. The molecular weight excluding hydrogens is 557 g/mol. The zero-order valence-electron chi connectivity index (χ0n) is 23.8. The third-order valence-electron chi connectivity index (χ3n) is 7.67. The van der Waals surface area contributed by atoms with Crippen LogP contribution < -0.4 is 21.3 Å². The summed E-state index contributed by atoms with van der Waals surface area (Å²) < 4.78 is 41.2. The molecule has 1 unspecified atom stereocenters. The van der Waals surface area contributed by atoms with Crippen LogP contribution in [-0.4, -0.2) is 31.4 Å². The maximum Gasteiger partial charge on any atom is 0.416 e. The number of nitrogens with zero attached hydrogens (tertiary/aromatic N) is 4. The number of alkyl halides is 3. The molecule has 0 saturated heterocycles. The summed E-state index contributed by atoms with van der Waals surface area (Å²) in [6, 6.07) is 14.5. The summed E-state index contributed by atoms with van der Waals surface area (Å²) in [5, 5.41) is 29.1. The fourth-order valence-corrected chi connectivity index (χ4v) is 5.31. The number of aromatic nitrogens is 4. The number of rotatable bonds is 7. The Labute approximate surface area is 246 Å². The lowest BCUT2D eigenvalue weighted by Gasteiger charge is -2.20. The van der Waals surface area contributed by atoms with E-state index in [4.69, 9.17) is 4.98 Å². The van der Waals surface area contributed by atoms with Gasteiger partial charge in [-0.3, -0.25) is 0 Å². The van der Waals surface area contributed by atoms with Gasteiger partial charge in [-0.15, -0.1) is 0 Å². The first kappa shape index (κ1) is 28.4. The number of anilines is 5. The highest BCUT2D eigenvalue weighted by Gasteiger charge is 2.31. The molecule has 0 amide bonds. The molecule has 0 aliphatic carbocycles. The summed E-state index contributed by atoms with van der Waals surface area (Å²) in [5.74, 6) is 0.999. The van der Waals surface area contributed by atoms with E-state index in [9.17, 15) is 18.3 Å². The summed E-state index contributed by atoms with van der Waals surface area (Å²) in [5.41, 5.74) is 6.39. The van der Waals surface area contributed by atoms with Crippen molar-refractivity contribution in [3.05, 3.63) is 94.2 Å².